The van der Waals surface area contributed by atoms with E-state index in [9.17, 15) is 9.59 Å². The predicted molar refractivity (Wildman–Crippen MR) is 94.8 cm³/mol. The van der Waals surface area contributed by atoms with Crippen LogP contribution < -0.4 is 9.47 Å². The number of carboxylic acid groups (broad SMARTS) is 1. The monoisotopic (exact) mass is 417 g/mol. The number of amides is 1. The highest BCUT2D eigenvalue weighted by Crippen LogP contribution is 2.38. The predicted octanol–water partition coefficient (Wildman–Crippen LogP) is 2.75. The minimum absolute atomic E-state index is 0.165. The standard InChI is InChI=1S/C14H12BrNO5S2/c1-16-13(19)10(23-14(16)22)5-7-3-8(15)12(9(4-7)20-2)21-6-11(17)18/h3-5H,6H2,1-2H3,(H,17,18)/b10-5+. The number of hydrogen-bond acceptors (Lipinski definition) is 6. The molecule has 1 aromatic rings. The fourth-order valence-corrected chi connectivity index (χ4v) is 3.55. The highest BCUT2D eigenvalue weighted by Gasteiger charge is 2.28. The first-order valence-electron chi connectivity index (χ1n) is 6.27. The summed E-state index contributed by atoms with van der Waals surface area (Å²) >= 11 is 9.62. The number of carbonyl (C=O) groups is 2. The number of ether oxygens (including phenoxy) is 2. The maximum Gasteiger partial charge on any atom is 0.341 e. The van der Waals surface area contributed by atoms with Gasteiger partial charge in [0.05, 0.1) is 16.5 Å². The van der Waals surface area contributed by atoms with Gasteiger partial charge in [0.1, 0.15) is 4.32 Å². The van der Waals surface area contributed by atoms with Gasteiger partial charge in [0.15, 0.2) is 18.1 Å². The fourth-order valence-electron chi connectivity index (χ4n) is 1.79. The molecule has 1 fully saturated rings. The third kappa shape index (κ3) is 4.04. The van der Waals surface area contributed by atoms with Crippen molar-refractivity contribution in [3.63, 3.8) is 0 Å². The number of nitrogens with zero attached hydrogens (tertiary/aromatic N) is 1. The van der Waals surface area contributed by atoms with Gasteiger partial charge < -0.3 is 14.6 Å². The molecule has 23 heavy (non-hydrogen) atoms. The highest BCUT2D eigenvalue weighted by molar-refractivity contribution is 9.10. The second-order valence-corrected chi connectivity index (χ2v) is 6.99. The lowest BCUT2D eigenvalue weighted by Crippen LogP contribution is -2.22. The molecule has 1 aliphatic rings. The van der Waals surface area contributed by atoms with Crippen LogP contribution in [0.5, 0.6) is 11.5 Å². The van der Waals surface area contributed by atoms with Crippen LogP contribution in [0.3, 0.4) is 0 Å². The molecule has 9 heteroatoms. The second-order valence-electron chi connectivity index (χ2n) is 4.46. The van der Waals surface area contributed by atoms with Crippen molar-refractivity contribution in [3.8, 4) is 11.5 Å². The van der Waals surface area contributed by atoms with Crippen LogP contribution in [-0.4, -0.2) is 47.0 Å². The molecular weight excluding hydrogens is 406 g/mol. The van der Waals surface area contributed by atoms with Crippen LogP contribution in [0, 0.1) is 0 Å². The summed E-state index contributed by atoms with van der Waals surface area (Å²) in [5, 5.41) is 8.70. The maximum absolute atomic E-state index is 12.0. The van der Waals surface area contributed by atoms with Crippen molar-refractivity contribution in [2.75, 3.05) is 20.8 Å². The number of aliphatic carboxylic acids is 1. The lowest BCUT2D eigenvalue weighted by molar-refractivity contribution is -0.139. The number of hydrogen-bond donors (Lipinski definition) is 1. The molecule has 1 heterocycles. The zero-order valence-corrected chi connectivity index (χ0v) is 15.4. The van der Waals surface area contributed by atoms with Crippen LogP contribution in [0.4, 0.5) is 0 Å². The summed E-state index contributed by atoms with van der Waals surface area (Å²) in [6, 6.07) is 3.37. The average molecular weight is 418 g/mol. The van der Waals surface area contributed by atoms with Crippen molar-refractivity contribution >= 4 is 62.2 Å². The van der Waals surface area contributed by atoms with Crippen molar-refractivity contribution in [1.29, 1.82) is 0 Å². The Hall–Kier alpha value is -1.58. The Morgan fingerprint density at radius 3 is 2.74 bits per heavy atom. The van der Waals surface area contributed by atoms with Crippen LogP contribution in [0.15, 0.2) is 21.5 Å². The molecule has 1 saturated heterocycles. The van der Waals surface area contributed by atoms with Crippen LogP contribution >= 0.6 is 39.9 Å². The number of carboxylic acids is 1. The molecule has 0 saturated carbocycles. The topological polar surface area (TPSA) is 76.1 Å². The third-order valence-electron chi connectivity index (χ3n) is 2.88. The minimum Gasteiger partial charge on any atom is -0.493 e. The highest BCUT2D eigenvalue weighted by atomic mass is 79.9. The Kier molecular flexibility index (Phi) is 5.66. The van der Waals surface area contributed by atoms with Crippen molar-refractivity contribution in [2.24, 2.45) is 0 Å². The number of thioether (sulfide) groups is 1. The number of thiocarbonyl (C=S) groups is 1. The Bertz CT molecular complexity index is 719. The van der Waals surface area contributed by atoms with E-state index < -0.39 is 12.6 Å². The third-order valence-corrected chi connectivity index (χ3v) is 4.95. The SMILES string of the molecule is COc1cc(/C=C2/SC(=S)N(C)C2=O)cc(Br)c1OCC(=O)O. The Morgan fingerprint density at radius 1 is 1.52 bits per heavy atom. The molecule has 0 spiro atoms. The number of carbonyl (C=O) groups excluding carboxylic acids is 1. The molecule has 0 atom stereocenters. The molecule has 0 bridgehead atoms. The van der Waals surface area contributed by atoms with Gasteiger partial charge >= 0.3 is 5.97 Å². The summed E-state index contributed by atoms with van der Waals surface area (Å²) in [4.78, 5) is 24.6. The van der Waals surface area contributed by atoms with Crippen LogP contribution in [0.1, 0.15) is 5.56 Å². The Labute approximate surface area is 150 Å². The van der Waals surface area contributed by atoms with E-state index in [0.717, 1.165) is 0 Å². The first kappa shape index (κ1) is 17.8. The van der Waals surface area contributed by atoms with Gasteiger partial charge in [0.25, 0.3) is 5.91 Å². The molecule has 1 N–H and O–H groups in total. The van der Waals surface area contributed by atoms with E-state index in [1.807, 2.05) is 0 Å². The Balaban J connectivity index is 2.35. The number of halogens is 1. The van der Waals surface area contributed by atoms with Crippen LogP contribution in [0.2, 0.25) is 0 Å². The zero-order valence-electron chi connectivity index (χ0n) is 12.2. The van der Waals surface area contributed by atoms with Gasteiger partial charge in [0.2, 0.25) is 0 Å². The Morgan fingerprint density at radius 2 is 2.22 bits per heavy atom. The summed E-state index contributed by atoms with van der Waals surface area (Å²) in [5.41, 5.74) is 0.699. The summed E-state index contributed by atoms with van der Waals surface area (Å²) < 4.78 is 11.5. The number of benzene rings is 1. The first-order valence-corrected chi connectivity index (χ1v) is 8.29. The van der Waals surface area contributed by atoms with Gasteiger partial charge in [-0.05, 0) is 39.7 Å². The fraction of sp³-hybridized carbons (Fsp3) is 0.214. The molecule has 6 nitrogen and oxygen atoms in total. The summed E-state index contributed by atoms with van der Waals surface area (Å²) in [7, 11) is 3.07. The molecule has 0 unspecified atom stereocenters. The zero-order chi connectivity index (χ0) is 17.1. The molecule has 2 rings (SSSR count). The number of methoxy groups -OCH3 is 1. The van der Waals surface area contributed by atoms with Gasteiger partial charge in [-0.1, -0.05) is 24.0 Å². The normalized spacial score (nSPS) is 16.1. The van der Waals surface area contributed by atoms with Crippen molar-refractivity contribution in [1.82, 2.24) is 4.90 Å². The molecule has 1 aliphatic heterocycles. The minimum atomic E-state index is -1.09. The summed E-state index contributed by atoms with van der Waals surface area (Å²) in [5.74, 6) is -0.607. The molecule has 0 aliphatic carbocycles. The van der Waals surface area contributed by atoms with Gasteiger partial charge in [-0.2, -0.15) is 0 Å². The van der Waals surface area contributed by atoms with Crippen molar-refractivity contribution in [2.45, 2.75) is 0 Å². The molecule has 0 aromatic heterocycles. The van der Waals surface area contributed by atoms with Crippen LogP contribution in [-0.2, 0) is 9.59 Å². The van der Waals surface area contributed by atoms with Gasteiger partial charge in [0, 0.05) is 7.05 Å². The second kappa shape index (κ2) is 7.33. The maximum atomic E-state index is 12.0. The average Bonchev–Trinajstić information content (AvgIpc) is 2.72. The van der Waals surface area contributed by atoms with Crippen molar-refractivity contribution < 1.29 is 24.2 Å². The van der Waals surface area contributed by atoms with E-state index in [0.29, 0.717) is 25.0 Å². The number of likely N-dealkylation sites (N-methyl/N-ethyl adjacent to an activating group) is 1. The van der Waals surface area contributed by atoms with E-state index in [1.165, 1.54) is 23.8 Å². The number of rotatable bonds is 5. The summed E-state index contributed by atoms with van der Waals surface area (Å²) in [6.45, 7) is -0.483. The quantitative estimate of drug-likeness (QED) is 0.582. The van der Waals surface area contributed by atoms with Crippen LogP contribution in [0.25, 0.3) is 6.08 Å². The molecule has 0 radical (unpaired) electrons. The molecule has 1 amide bonds. The molecular formula is C14H12BrNO5S2. The summed E-state index contributed by atoms with van der Waals surface area (Å²) in [6.07, 6.45) is 1.69. The van der Waals surface area contributed by atoms with E-state index in [1.54, 1.807) is 25.3 Å². The van der Waals surface area contributed by atoms with E-state index >= 15 is 0 Å². The lowest BCUT2D eigenvalue weighted by Gasteiger charge is -2.12. The van der Waals surface area contributed by atoms with E-state index in [2.05, 4.69) is 15.9 Å². The first-order chi connectivity index (χ1) is 10.8. The van der Waals surface area contributed by atoms with Gasteiger partial charge in [-0.3, -0.25) is 9.69 Å². The molecule has 122 valence electrons. The smallest absolute Gasteiger partial charge is 0.341 e. The molecule has 1 aromatic carbocycles. The van der Waals surface area contributed by atoms with E-state index in [4.69, 9.17) is 26.8 Å². The lowest BCUT2D eigenvalue weighted by atomic mass is 10.2. The van der Waals surface area contributed by atoms with Gasteiger partial charge in [-0.15, -0.1) is 0 Å². The van der Waals surface area contributed by atoms with Crippen molar-refractivity contribution in [3.05, 3.63) is 27.1 Å². The van der Waals surface area contributed by atoms with Gasteiger partial charge in [-0.25, -0.2) is 4.79 Å². The largest absolute Gasteiger partial charge is 0.493 e. The van der Waals surface area contributed by atoms with E-state index in [-0.39, 0.29) is 11.7 Å².